The van der Waals surface area contributed by atoms with Crippen LogP contribution in [0.3, 0.4) is 0 Å². The monoisotopic (exact) mass is 453 g/mol. The third-order valence-corrected chi connectivity index (χ3v) is 6.45. The molecule has 0 unspecified atom stereocenters. The van der Waals surface area contributed by atoms with Gasteiger partial charge in [-0.1, -0.05) is 42.0 Å². The average molecular weight is 454 g/mol. The second kappa shape index (κ2) is 9.98. The van der Waals surface area contributed by atoms with Gasteiger partial charge in [-0.15, -0.1) is 11.3 Å². The summed E-state index contributed by atoms with van der Waals surface area (Å²) >= 11 is 8.17. The molecular weight excluding hydrogens is 430 g/mol. The Labute approximate surface area is 191 Å². The highest BCUT2D eigenvalue weighted by atomic mass is 35.5. The summed E-state index contributed by atoms with van der Waals surface area (Å²) in [5, 5.41) is 8.07. The lowest BCUT2D eigenvalue weighted by molar-refractivity contribution is 0.0961. The van der Waals surface area contributed by atoms with Crippen LogP contribution in [0.25, 0.3) is 5.57 Å². The highest BCUT2D eigenvalue weighted by Gasteiger charge is 2.21. The zero-order valence-electron chi connectivity index (χ0n) is 17.3. The zero-order valence-corrected chi connectivity index (χ0v) is 18.9. The first-order valence-corrected chi connectivity index (χ1v) is 11.4. The molecule has 2 aromatic heterocycles. The minimum absolute atomic E-state index is 0.0760. The van der Waals surface area contributed by atoms with Crippen molar-refractivity contribution < 1.29 is 9.53 Å². The van der Waals surface area contributed by atoms with E-state index >= 15 is 0 Å². The van der Waals surface area contributed by atoms with Crippen LogP contribution in [0.1, 0.15) is 32.4 Å². The molecule has 0 spiro atoms. The van der Waals surface area contributed by atoms with Gasteiger partial charge in [0.2, 0.25) is 0 Å². The van der Waals surface area contributed by atoms with Crippen molar-refractivity contribution in [3.63, 3.8) is 0 Å². The fraction of sp³-hybridized carbons (Fsp3) is 0.250. The van der Waals surface area contributed by atoms with Crippen LogP contribution in [-0.4, -0.2) is 40.6 Å². The number of benzene rings is 1. The molecule has 0 aliphatic carbocycles. The number of hydrogen-bond donors (Lipinski definition) is 1. The molecule has 1 aliphatic rings. The quantitative estimate of drug-likeness (QED) is 0.266. The number of carbonyl (C=O) groups is 1. The summed E-state index contributed by atoms with van der Waals surface area (Å²) in [4.78, 5) is 16.4. The van der Waals surface area contributed by atoms with Crippen LogP contribution < -0.4 is 4.74 Å². The van der Waals surface area contributed by atoms with Crippen molar-refractivity contribution in [1.82, 2.24) is 15.1 Å². The van der Waals surface area contributed by atoms with Gasteiger partial charge in [-0.2, -0.15) is 5.10 Å². The van der Waals surface area contributed by atoms with Crippen LogP contribution in [0.4, 0.5) is 0 Å². The van der Waals surface area contributed by atoms with Gasteiger partial charge >= 0.3 is 0 Å². The number of thiophene rings is 1. The van der Waals surface area contributed by atoms with Crippen molar-refractivity contribution >= 4 is 34.3 Å². The molecule has 3 heterocycles. The smallest absolute Gasteiger partial charge is 0.192 e. The van der Waals surface area contributed by atoms with Crippen molar-refractivity contribution in [1.29, 1.82) is 0 Å². The van der Waals surface area contributed by atoms with Gasteiger partial charge in [-0.3, -0.25) is 9.89 Å². The van der Waals surface area contributed by atoms with Crippen LogP contribution in [0.2, 0.25) is 0 Å². The van der Waals surface area contributed by atoms with E-state index in [1.54, 1.807) is 0 Å². The Morgan fingerprint density at radius 2 is 2.10 bits per heavy atom. The number of ether oxygens (including phenoxy) is 1. The van der Waals surface area contributed by atoms with Crippen molar-refractivity contribution in [2.45, 2.75) is 19.8 Å². The largest absolute Gasteiger partial charge is 0.494 e. The maximum Gasteiger partial charge on any atom is 0.192 e. The van der Waals surface area contributed by atoms with Gasteiger partial charge in [-0.25, -0.2) is 0 Å². The van der Waals surface area contributed by atoms with E-state index in [-0.39, 0.29) is 12.3 Å². The molecular formula is C24H24ClN3O2S. The second-order valence-electron chi connectivity index (χ2n) is 7.36. The number of aromatic nitrogens is 2. The van der Waals surface area contributed by atoms with E-state index in [1.165, 1.54) is 11.3 Å². The van der Waals surface area contributed by atoms with Gasteiger partial charge < -0.3 is 9.64 Å². The highest BCUT2D eigenvalue weighted by molar-refractivity contribution is 7.14. The third kappa shape index (κ3) is 5.46. The van der Waals surface area contributed by atoms with Gasteiger partial charge in [0.1, 0.15) is 10.9 Å². The first-order chi connectivity index (χ1) is 15.1. The maximum absolute atomic E-state index is 12.6. The van der Waals surface area contributed by atoms with E-state index in [0.29, 0.717) is 18.3 Å². The normalized spacial score (nSPS) is 13.7. The number of ketones is 1. The van der Waals surface area contributed by atoms with Crippen molar-refractivity contribution in [3.8, 4) is 5.75 Å². The van der Waals surface area contributed by atoms with Crippen molar-refractivity contribution in [2.24, 2.45) is 0 Å². The summed E-state index contributed by atoms with van der Waals surface area (Å²) in [6, 6.07) is 15.7. The molecule has 4 rings (SSSR count). The standard InChI is InChI=1S/C24H24ClN3O2S/c1-17-11-12-23(31-17)22(29)16-28-13-5-10-20(24(28)25)21-15-18(26-27-21)7-6-14-30-19-8-3-2-4-9-19/h2-5,8-12,15H,6-7,13-14,16H2,1H3,(H,26,27). The first kappa shape index (κ1) is 21.4. The fourth-order valence-corrected chi connectivity index (χ4v) is 4.46. The molecule has 5 nitrogen and oxygen atoms in total. The minimum atomic E-state index is 0.0760. The molecule has 0 atom stereocenters. The Bertz CT molecular complexity index is 1100. The van der Waals surface area contributed by atoms with Crippen molar-refractivity contribution in [2.75, 3.05) is 19.7 Å². The summed E-state index contributed by atoms with van der Waals surface area (Å²) in [6.07, 6.45) is 5.68. The highest BCUT2D eigenvalue weighted by Crippen LogP contribution is 2.29. The first-order valence-electron chi connectivity index (χ1n) is 10.2. The zero-order chi connectivity index (χ0) is 21.6. The number of H-pyrrole nitrogens is 1. The molecule has 0 amide bonds. The van der Waals surface area contributed by atoms with Gasteiger partial charge in [0, 0.05) is 22.7 Å². The molecule has 31 heavy (non-hydrogen) atoms. The molecule has 1 aromatic carbocycles. The molecule has 0 saturated heterocycles. The number of carbonyl (C=O) groups excluding carboxylic acids is 1. The number of rotatable bonds is 9. The number of nitrogens with one attached hydrogen (secondary N) is 1. The topological polar surface area (TPSA) is 58.2 Å². The molecule has 1 aliphatic heterocycles. The Hall–Kier alpha value is -2.83. The molecule has 7 heteroatoms. The number of nitrogens with zero attached hydrogens (tertiary/aromatic N) is 2. The molecule has 1 N–H and O–H groups in total. The van der Waals surface area contributed by atoms with Crippen molar-refractivity contribution in [3.05, 3.63) is 87.0 Å². The summed E-state index contributed by atoms with van der Waals surface area (Å²) in [7, 11) is 0. The van der Waals surface area contributed by atoms with Gasteiger partial charge in [-0.05, 0) is 50.1 Å². The Kier molecular flexibility index (Phi) is 6.89. The molecule has 0 bridgehead atoms. The SMILES string of the molecule is Cc1ccc(C(=O)CN2CC=CC(c3cc(CCCOc4ccccc4)[nH]n3)=C2Cl)s1. The lowest BCUT2D eigenvalue weighted by atomic mass is 10.1. The summed E-state index contributed by atoms with van der Waals surface area (Å²) in [5.74, 6) is 0.955. The summed E-state index contributed by atoms with van der Waals surface area (Å²) < 4.78 is 5.74. The van der Waals surface area contributed by atoms with Gasteiger partial charge in [0.15, 0.2) is 5.78 Å². The van der Waals surface area contributed by atoms with Crippen LogP contribution in [-0.2, 0) is 6.42 Å². The Morgan fingerprint density at radius 3 is 2.87 bits per heavy atom. The van der Waals surface area contributed by atoms with Crippen LogP contribution in [0.5, 0.6) is 5.75 Å². The van der Waals surface area contributed by atoms with Gasteiger partial charge in [0.25, 0.3) is 0 Å². The van der Waals surface area contributed by atoms with Crippen LogP contribution >= 0.6 is 22.9 Å². The summed E-state index contributed by atoms with van der Waals surface area (Å²) in [5.41, 5.74) is 2.63. The molecule has 3 aromatic rings. The van der Waals surface area contributed by atoms with E-state index in [0.717, 1.165) is 45.3 Å². The average Bonchev–Trinajstić information content (AvgIpc) is 3.43. The molecule has 0 radical (unpaired) electrons. The Balaban J connectivity index is 1.35. The number of aryl methyl sites for hydroxylation is 2. The van der Waals surface area contributed by atoms with Crippen LogP contribution in [0.15, 0.2) is 65.8 Å². The van der Waals surface area contributed by atoms with E-state index in [9.17, 15) is 4.79 Å². The molecule has 0 fully saturated rings. The third-order valence-electron chi connectivity index (χ3n) is 4.97. The number of halogens is 1. The van der Waals surface area contributed by atoms with E-state index in [4.69, 9.17) is 16.3 Å². The number of allylic oxidation sites excluding steroid dienone is 2. The van der Waals surface area contributed by atoms with E-state index in [1.807, 2.05) is 72.5 Å². The number of hydrogen-bond acceptors (Lipinski definition) is 5. The second-order valence-corrected chi connectivity index (χ2v) is 9.01. The fourth-order valence-electron chi connectivity index (χ4n) is 3.37. The van der Waals surface area contributed by atoms with Gasteiger partial charge in [0.05, 0.1) is 23.7 Å². The van der Waals surface area contributed by atoms with Crippen LogP contribution in [0, 0.1) is 6.92 Å². The molecule has 0 saturated carbocycles. The van der Waals surface area contributed by atoms with E-state index in [2.05, 4.69) is 10.2 Å². The number of Topliss-reactive ketones (excluding diaryl/α,β-unsaturated/α-hetero) is 1. The number of para-hydroxylation sites is 1. The Morgan fingerprint density at radius 1 is 1.26 bits per heavy atom. The summed E-state index contributed by atoms with van der Waals surface area (Å²) in [6.45, 7) is 3.49. The minimum Gasteiger partial charge on any atom is -0.494 e. The lowest BCUT2D eigenvalue weighted by Crippen LogP contribution is -2.29. The predicted molar refractivity (Wildman–Crippen MR) is 126 cm³/mol. The lowest BCUT2D eigenvalue weighted by Gasteiger charge is -2.25. The predicted octanol–water partition coefficient (Wildman–Crippen LogP) is 5.45. The number of aromatic amines is 1. The maximum atomic E-state index is 12.6. The molecule has 160 valence electrons. The van der Waals surface area contributed by atoms with E-state index < -0.39 is 0 Å².